The predicted molar refractivity (Wildman–Crippen MR) is 70.5 cm³/mol. The van der Waals surface area contributed by atoms with Gasteiger partial charge in [0.15, 0.2) is 0 Å². The molecule has 1 aliphatic heterocycles. The monoisotopic (exact) mass is 250 g/mol. The maximum Gasteiger partial charge on any atom is 0.236 e. The average molecular weight is 250 g/mol. The molecule has 18 heavy (non-hydrogen) atoms. The van der Waals surface area contributed by atoms with Crippen molar-refractivity contribution in [3.63, 3.8) is 0 Å². The fourth-order valence-electron chi connectivity index (χ4n) is 2.47. The molecule has 0 saturated carbocycles. The van der Waals surface area contributed by atoms with Gasteiger partial charge in [-0.15, -0.1) is 0 Å². The Morgan fingerprint density at radius 3 is 3.00 bits per heavy atom. The van der Waals surface area contributed by atoms with Crippen molar-refractivity contribution >= 4 is 0 Å². The number of nitrogens with one attached hydrogen (secondary N) is 1. The molecule has 1 aliphatic rings. The first kappa shape index (κ1) is 13.2. The van der Waals surface area contributed by atoms with Crippen LogP contribution in [0.4, 0.5) is 0 Å². The molecule has 5 heteroatoms. The van der Waals surface area contributed by atoms with Crippen LogP contribution in [-0.2, 0) is 6.54 Å². The zero-order valence-corrected chi connectivity index (χ0v) is 11.2. The van der Waals surface area contributed by atoms with Crippen molar-refractivity contribution in [2.45, 2.75) is 19.4 Å². The lowest BCUT2D eigenvalue weighted by molar-refractivity contribution is 0.232. The minimum Gasteiger partial charge on any atom is -0.480 e. The van der Waals surface area contributed by atoms with Gasteiger partial charge in [0.05, 0.1) is 7.11 Å². The van der Waals surface area contributed by atoms with E-state index in [2.05, 4.69) is 27.2 Å². The third-order valence-electron chi connectivity index (χ3n) is 3.32. The SMILES string of the molecule is COc1nccnc1CN(C)C[C@H]1CCCNC1. The summed E-state index contributed by atoms with van der Waals surface area (Å²) in [6.45, 7) is 4.17. The first-order chi connectivity index (χ1) is 8.79. The molecule has 1 atom stereocenters. The number of nitrogens with zero attached hydrogens (tertiary/aromatic N) is 3. The minimum absolute atomic E-state index is 0.631. The number of hydrogen-bond acceptors (Lipinski definition) is 5. The van der Waals surface area contributed by atoms with Gasteiger partial charge in [-0.25, -0.2) is 4.98 Å². The van der Waals surface area contributed by atoms with Crippen LogP contribution in [0.15, 0.2) is 12.4 Å². The topological polar surface area (TPSA) is 50.3 Å². The van der Waals surface area contributed by atoms with Crippen LogP contribution in [0.2, 0.25) is 0 Å². The van der Waals surface area contributed by atoms with E-state index in [-0.39, 0.29) is 0 Å². The van der Waals surface area contributed by atoms with Crippen LogP contribution in [0.5, 0.6) is 5.88 Å². The molecule has 1 saturated heterocycles. The molecule has 0 aliphatic carbocycles. The van der Waals surface area contributed by atoms with Gasteiger partial charge < -0.3 is 15.0 Å². The first-order valence-corrected chi connectivity index (χ1v) is 6.52. The Morgan fingerprint density at radius 1 is 1.44 bits per heavy atom. The van der Waals surface area contributed by atoms with E-state index in [1.165, 1.54) is 12.8 Å². The summed E-state index contributed by atoms with van der Waals surface area (Å²) in [4.78, 5) is 10.8. The molecule has 1 aromatic heterocycles. The summed E-state index contributed by atoms with van der Waals surface area (Å²) >= 11 is 0. The number of hydrogen-bond donors (Lipinski definition) is 1. The Kier molecular flexibility index (Phi) is 4.90. The van der Waals surface area contributed by atoms with Gasteiger partial charge in [-0.3, -0.25) is 4.98 Å². The van der Waals surface area contributed by atoms with Gasteiger partial charge in [0.2, 0.25) is 5.88 Å². The van der Waals surface area contributed by atoms with Crippen molar-refractivity contribution in [2.75, 3.05) is 33.8 Å². The second-order valence-corrected chi connectivity index (χ2v) is 4.92. The van der Waals surface area contributed by atoms with Crippen molar-refractivity contribution in [1.82, 2.24) is 20.2 Å². The molecule has 2 heterocycles. The molecule has 2 rings (SSSR count). The highest BCUT2D eigenvalue weighted by molar-refractivity contribution is 5.16. The van der Waals surface area contributed by atoms with E-state index in [0.29, 0.717) is 5.88 Å². The molecule has 0 spiro atoms. The third kappa shape index (κ3) is 3.65. The summed E-state index contributed by atoms with van der Waals surface area (Å²) in [6.07, 6.45) is 5.98. The zero-order chi connectivity index (χ0) is 12.8. The first-order valence-electron chi connectivity index (χ1n) is 6.52. The summed E-state index contributed by atoms with van der Waals surface area (Å²) in [5.41, 5.74) is 0.909. The van der Waals surface area contributed by atoms with Crippen LogP contribution < -0.4 is 10.1 Å². The number of methoxy groups -OCH3 is 1. The van der Waals surface area contributed by atoms with Crippen molar-refractivity contribution < 1.29 is 4.74 Å². The van der Waals surface area contributed by atoms with E-state index in [1.807, 2.05) is 0 Å². The summed E-state index contributed by atoms with van der Waals surface area (Å²) in [7, 11) is 3.77. The standard InChI is InChI=1S/C13H22N4O/c1-17(9-11-4-3-5-14-8-11)10-12-13(18-2)16-7-6-15-12/h6-7,11,14H,3-5,8-10H2,1-2H3/t11-/m0/s1. The van der Waals surface area contributed by atoms with E-state index in [9.17, 15) is 0 Å². The Hall–Kier alpha value is -1.20. The molecular formula is C13H22N4O. The molecule has 0 amide bonds. The lowest BCUT2D eigenvalue weighted by Crippen LogP contribution is -2.36. The Labute approximate surface area is 109 Å². The maximum atomic E-state index is 5.22. The number of aromatic nitrogens is 2. The average Bonchev–Trinajstić information content (AvgIpc) is 2.40. The van der Waals surface area contributed by atoms with Gasteiger partial charge in [-0.2, -0.15) is 0 Å². The molecule has 1 N–H and O–H groups in total. The molecule has 0 unspecified atom stereocenters. The van der Waals surface area contributed by atoms with Crippen LogP contribution in [0, 0.1) is 5.92 Å². The molecular weight excluding hydrogens is 228 g/mol. The minimum atomic E-state index is 0.631. The molecule has 0 aromatic carbocycles. The Bertz CT molecular complexity index is 366. The van der Waals surface area contributed by atoms with Gasteiger partial charge in [0, 0.05) is 25.5 Å². The van der Waals surface area contributed by atoms with Gasteiger partial charge >= 0.3 is 0 Å². The molecule has 0 bridgehead atoms. The fourth-order valence-corrected chi connectivity index (χ4v) is 2.47. The van der Waals surface area contributed by atoms with Crippen LogP contribution in [0.1, 0.15) is 18.5 Å². The quantitative estimate of drug-likeness (QED) is 0.842. The van der Waals surface area contributed by atoms with Crippen LogP contribution in [-0.4, -0.2) is 48.7 Å². The predicted octanol–water partition coefficient (Wildman–Crippen LogP) is 0.917. The summed E-state index contributed by atoms with van der Waals surface area (Å²) in [5.74, 6) is 1.37. The van der Waals surface area contributed by atoms with Crippen molar-refractivity contribution in [2.24, 2.45) is 5.92 Å². The van der Waals surface area contributed by atoms with Crippen molar-refractivity contribution in [1.29, 1.82) is 0 Å². The summed E-state index contributed by atoms with van der Waals surface area (Å²) in [6, 6.07) is 0. The molecule has 0 radical (unpaired) electrons. The lowest BCUT2D eigenvalue weighted by atomic mass is 9.99. The van der Waals surface area contributed by atoms with Gasteiger partial charge in [0.1, 0.15) is 5.69 Å². The van der Waals surface area contributed by atoms with Crippen LogP contribution >= 0.6 is 0 Å². The van der Waals surface area contributed by atoms with E-state index in [1.54, 1.807) is 19.5 Å². The van der Waals surface area contributed by atoms with E-state index < -0.39 is 0 Å². The van der Waals surface area contributed by atoms with Gasteiger partial charge in [0.25, 0.3) is 0 Å². The fraction of sp³-hybridized carbons (Fsp3) is 0.692. The highest BCUT2D eigenvalue weighted by Crippen LogP contribution is 2.15. The molecule has 1 aromatic rings. The van der Waals surface area contributed by atoms with E-state index >= 15 is 0 Å². The van der Waals surface area contributed by atoms with E-state index in [0.717, 1.165) is 37.8 Å². The summed E-state index contributed by atoms with van der Waals surface area (Å²) in [5, 5.41) is 3.45. The zero-order valence-electron chi connectivity index (χ0n) is 11.2. The second kappa shape index (κ2) is 6.66. The third-order valence-corrected chi connectivity index (χ3v) is 3.32. The molecule has 1 fully saturated rings. The Balaban J connectivity index is 1.87. The molecule has 5 nitrogen and oxygen atoms in total. The van der Waals surface area contributed by atoms with Crippen LogP contribution in [0.3, 0.4) is 0 Å². The number of ether oxygens (including phenoxy) is 1. The maximum absolute atomic E-state index is 5.22. The smallest absolute Gasteiger partial charge is 0.236 e. The van der Waals surface area contributed by atoms with E-state index in [4.69, 9.17) is 4.74 Å². The highest BCUT2D eigenvalue weighted by atomic mass is 16.5. The number of piperidine rings is 1. The Morgan fingerprint density at radius 2 is 2.28 bits per heavy atom. The number of rotatable bonds is 5. The summed E-state index contributed by atoms with van der Waals surface area (Å²) < 4.78 is 5.22. The van der Waals surface area contributed by atoms with Crippen molar-refractivity contribution in [3.05, 3.63) is 18.1 Å². The van der Waals surface area contributed by atoms with Crippen LogP contribution in [0.25, 0.3) is 0 Å². The second-order valence-electron chi connectivity index (χ2n) is 4.92. The largest absolute Gasteiger partial charge is 0.480 e. The highest BCUT2D eigenvalue weighted by Gasteiger charge is 2.16. The normalized spacial score (nSPS) is 20.1. The molecule has 100 valence electrons. The van der Waals surface area contributed by atoms with Gasteiger partial charge in [-0.05, 0) is 38.9 Å². The van der Waals surface area contributed by atoms with Crippen molar-refractivity contribution in [3.8, 4) is 5.88 Å². The lowest BCUT2D eigenvalue weighted by Gasteiger charge is -2.27. The van der Waals surface area contributed by atoms with Gasteiger partial charge in [-0.1, -0.05) is 0 Å².